The molecule has 0 spiro atoms. The van der Waals surface area contributed by atoms with Gasteiger partial charge >= 0.3 is 0 Å². The van der Waals surface area contributed by atoms with Gasteiger partial charge in [-0.25, -0.2) is 0 Å². The molecule has 5 rings (SSSR count). The predicted octanol–water partition coefficient (Wildman–Crippen LogP) is 3.76. The molecule has 3 aliphatic rings. The van der Waals surface area contributed by atoms with E-state index in [4.69, 9.17) is 25.8 Å². The molecule has 0 bridgehead atoms. The van der Waals surface area contributed by atoms with Crippen molar-refractivity contribution in [2.45, 2.75) is 31.5 Å². The molecule has 2 aliphatic heterocycles. The highest BCUT2D eigenvalue weighted by molar-refractivity contribution is 6.30. The zero-order chi connectivity index (χ0) is 19.8. The summed E-state index contributed by atoms with van der Waals surface area (Å²) in [5.41, 5.74) is 1.31. The maximum absolute atomic E-state index is 10.7. The number of likely N-dealkylation sites (tertiary alicyclic amines) is 1. The zero-order valence-electron chi connectivity index (χ0n) is 16.3. The van der Waals surface area contributed by atoms with E-state index >= 15 is 0 Å². The Morgan fingerprint density at radius 3 is 2.59 bits per heavy atom. The average molecular weight is 416 g/mol. The van der Waals surface area contributed by atoms with Crippen molar-refractivity contribution in [3.8, 4) is 17.2 Å². The molecular weight excluding hydrogens is 390 g/mol. The van der Waals surface area contributed by atoms with Crippen LogP contribution in [0.1, 0.15) is 18.4 Å². The highest BCUT2D eigenvalue weighted by Gasteiger charge is 2.42. The normalized spacial score (nSPS) is 28.3. The topological polar surface area (TPSA) is 51.2 Å². The van der Waals surface area contributed by atoms with Gasteiger partial charge in [0.2, 0.25) is 6.79 Å². The van der Waals surface area contributed by atoms with Gasteiger partial charge in [0.25, 0.3) is 0 Å². The van der Waals surface area contributed by atoms with Crippen molar-refractivity contribution in [2.75, 3.05) is 26.4 Å². The Morgan fingerprint density at radius 1 is 1.00 bits per heavy atom. The molecule has 0 aromatic heterocycles. The van der Waals surface area contributed by atoms with Crippen molar-refractivity contribution in [2.24, 2.45) is 11.8 Å². The number of halogens is 1. The van der Waals surface area contributed by atoms with Crippen LogP contribution >= 0.6 is 11.6 Å². The van der Waals surface area contributed by atoms with Crippen molar-refractivity contribution in [3.05, 3.63) is 53.1 Å². The SMILES string of the molecule is O[C@@H]1C[C@H]2CN(CCc3ccc(Cl)cc3)C[C@H]2C[C@H]1Oc1ccc2c(c1)OCO2. The molecule has 2 aromatic rings. The number of ether oxygens (including phenoxy) is 3. The van der Waals surface area contributed by atoms with Crippen LogP contribution in [0.25, 0.3) is 0 Å². The Bertz CT molecular complexity index is 858. The Labute approximate surface area is 176 Å². The summed E-state index contributed by atoms with van der Waals surface area (Å²) in [6.45, 7) is 3.43. The van der Waals surface area contributed by atoms with Crippen LogP contribution in [-0.4, -0.2) is 48.6 Å². The summed E-state index contributed by atoms with van der Waals surface area (Å²) < 4.78 is 16.9. The second-order valence-corrected chi connectivity index (χ2v) is 8.80. The molecule has 5 nitrogen and oxygen atoms in total. The second-order valence-electron chi connectivity index (χ2n) is 8.37. The molecule has 1 N–H and O–H groups in total. The van der Waals surface area contributed by atoms with E-state index in [1.807, 2.05) is 30.3 Å². The van der Waals surface area contributed by atoms with Crippen molar-refractivity contribution in [1.29, 1.82) is 0 Å². The minimum atomic E-state index is -0.433. The van der Waals surface area contributed by atoms with Crippen molar-refractivity contribution >= 4 is 11.6 Å². The molecule has 6 heteroatoms. The summed E-state index contributed by atoms with van der Waals surface area (Å²) >= 11 is 5.98. The minimum absolute atomic E-state index is 0.173. The lowest BCUT2D eigenvalue weighted by atomic mass is 9.78. The van der Waals surface area contributed by atoms with E-state index in [0.29, 0.717) is 17.6 Å². The van der Waals surface area contributed by atoms with E-state index in [1.54, 1.807) is 0 Å². The predicted molar refractivity (Wildman–Crippen MR) is 111 cm³/mol. The lowest BCUT2D eigenvalue weighted by Crippen LogP contribution is -2.42. The van der Waals surface area contributed by atoms with E-state index < -0.39 is 6.10 Å². The molecule has 1 aliphatic carbocycles. The Balaban J connectivity index is 1.17. The third-order valence-electron chi connectivity index (χ3n) is 6.42. The average Bonchev–Trinajstić information content (AvgIpc) is 3.33. The summed E-state index contributed by atoms with van der Waals surface area (Å²) in [6.07, 6.45) is 2.11. The molecule has 0 radical (unpaired) electrons. The number of hydrogen-bond acceptors (Lipinski definition) is 5. The number of aliphatic hydroxyl groups is 1. The van der Waals surface area contributed by atoms with Crippen LogP contribution in [0.4, 0.5) is 0 Å². The summed E-state index contributed by atoms with van der Waals surface area (Å²) in [7, 11) is 0. The molecule has 0 amide bonds. The van der Waals surface area contributed by atoms with Crippen LogP contribution < -0.4 is 14.2 Å². The monoisotopic (exact) mass is 415 g/mol. The maximum atomic E-state index is 10.7. The van der Waals surface area contributed by atoms with E-state index in [-0.39, 0.29) is 12.9 Å². The molecule has 0 unspecified atom stereocenters. The number of benzene rings is 2. The first-order valence-corrected chi connectivity index (χ1v) is 10.7. The second kappa shape index (κ2) is 8.05. The van der Waals surface area contributed by atoms with Gasteiger partial charge in [0.1, 0.15) is 11.9 Å². The van der Waals surface area contributed by atoms with Gasteiger partial charge in [-0.1, -0.05) is 23.7 Å². The summed E-state index contributed by atoms with van der Waals surface area (Å²) in [5, 5.41) is 11.5. The van der Waals surface area contributed by atoms with Crippen molar-refractivity contribution < 1.29 is 19.3 Å². The number of rotatable bonds is 5. The number of hydrogen-bond donors (Lipinski definition) is 1. The molecule has 1 saturated carbocycles. The molecule has 29 heavy (non-hydrogen) atoms. The molecule has 2 fully saturated rings. The van der Waals surface area contributed by atoms with Gasteiger partial charge in [0.15, 0.2) is 11.5 Å². The van der Waals surface area contributed by atoms with Crippen LogP contribution in [0.5, 0.6) is 17.2 Å². The summed E-state index contributed by atoms with van der Waals surface area (Å²) in [4.78, 5) is 2.53. The molecule has 154 valence electrons. The van der Waals surface area contributed by atoms with Crippen molar-refractivity contribution in [3.63, 3.8) is 0 Å². The lowest BCUT2D eigenvalue weighted by Gasteiger charge is -2.35. The Hall–Kier alpha value is -1.95. The van der Waals surface area contributed by atoms with Crippen LogP contribution in [-0.2, 0) is 6.42 Å². The quantitative estimate of drug-likeness (QED) is 0.805. The largest absolute Gasteiger partial charge is 0.488 e. The molecule has 2 heterocycles. The van der Waals surface area contributed by atoms with Crippen molar-refractivity contribution in [1.82, 2.24) is 4.90 Å². The van der Waals surface area contributed by atoms with Gasteiger partial charge in [-0.05, 0) is 60.9 Å². The lowest BCUT2D eigenvalue weighted by molar-refractivity contribution is -0.0232. The van der Waals surface area contributed by atoms with Crippen LogP contribution in [0.15, 0.2) is 42.5 Å². The van der Waals surface area contributed by atoms with Crippen LogP contribution in [0.3, 0.4) is 0 Å². The fourth-order valence-corrected chi connectivity index (χ4v) is 4.99. The Morgan fingerprint density at radius 2 is 1.76 bits per heavy atom. The highest BCUT2D eigenvalue weighted by atomic mass is 35.5. The number of fused-ring (bicyclic) bond motifs is 2. The maximum Gasteiger partial charge on any atom is 0.231 e. The van der Waals surface area contributed by atoms with E-state index in [0.717, 1.165) is 55.4 Å². The van der Waals surface area contributed by atoms with E-state index in [2.05, 4.69) is 17.0 Å². The third-order valence-corrected chi connectivity index (χ3v) is 6.67. The first-order chi connectivity index (χ1) is 14.1. The van der Waals surface area contributed by atoms with Crippen LogP contribution in [0, 0.1) is 11.8 Å². The molecular formula is C23H26ClNO4. The standard InChI is InChI=1S/C23H26ClNO4/c24-18-3-1-15(2-4-18)7-8-25-12-16-9-20(26)22(10-17(16)13-25)29-19-5-6-21-23(11-19)28-14-27-21/h1-6,11,16-17,20,22,26H,7-10,12-14H2/t16-,17+,20+,22+/m0/s1. The molecule has 1 saturated heterocycles. The van der Waals surface area contributed by atoms with E-state index in [9.17, 15) is 5.11 Å². The zero-order valence-corrected chi connectivity index (χ0v) is 17.1. The smallest absolute Gasteiger partial charge is 0.231 e. The number of aliphatic hydroxyl groups excluding tert-OH is 1. The van der Waals surface area contributed by atoms with Gasteiger partial charge < -0.3 is 24.2 Å². The van der Waals surface area contributed by atoms with Gasteiger partial charge in [0, 0.05) is 30.7 Å². The summed E-state index contributed by atoms with van der Waals surface area (Å²) in [5.74, 6) is 3.30. The highest BCUT2D eigenvalue weighted by Crippen LogP contribution is 2.40. The molecule has 4 atom stereocenters. The summed E-state index contributed by atoms with van der Waals surface area (Å²) in [6, 6.07) is 13.7. The Kier molecular flexibility index (Phi) is 5.29. The van der Waals surface area contributed by atoms with Gasteiger partial charge in [0.05, 0.1) is 6.10 Å². The van der Waals surface area contributed by atoms with E-state index in [1.165, 1.54) is 5.56 Å². The first-order valence-electron chi connectivity index (χ1n) is 10.4. The third kappa shape index (κ3) is 4.18. The van der Waals surface area contributed by atoms with Gasteiger partial charge in [-0.2, -0.15) is 0 Å². The first kappa shape index (κ1) is 19.0. The minimum Gasteiger partial charge on any atom is -0.488 e. The number of nitrogens with zero attached hydrogens (tertiary/aromatic N) is 1. The fraction of sp³-hybridized carbons (Fsp3) is 0.478. The van der Waals surface area contributed by atoms with Gasteiger partial charge in [-0.15, -0.1) is 0 Å². The van der Waals surface area contributed by atoms with Gasteiger partial charge in [-0.3, -0.25) is 0 Å². The molecule has 2 aromatic carbocycles. The van der Waals surface area contributed by atoms with Crippen LogP contribution in [0.2, 0.25) is 5.02 Å². The fourth-order valence-electron chi connectivity index (χ4n) is 4.86.